The summed E-state index contributed by atoms with van der Waals surface area (Å²) >= 11 is 1.62. The van der Waals surface area contributed by atoms with Crippen LogP contribution in [0.3, 0.4) is 0 Å². The monoisotopic (exact) mass is 406 g/mol. The molecule has 4 heterocycles. The van der Waals surface area contributed by atoms with Crippen LogP contribution < -0.4 is 0 Å². The lowest BCUT2D eigenvalue weighted by Gasteiger charge is -2.26. The fraction of sp³-hybridized carbons (Fsp3) is 0.391. The first-order valence-corrected chi connectivity index (χ1v) is 11.1. The number of thiophene rings is 1. The Morgan fingerprint density at radius 3 is 2.86 bits per heavy atom. The molecule has 3 aromatic heterocycles. The van der Waals surface area contributed by atoms with Gasteiger partial charge in [-0.1, -0.05) is 6.92 Å². The first kappa shape index (κ1) is 19.7. The number of hydrogen-bond acceptors (Lipinski definition) is 5. The van der Waals surface area contributed by atoms with Crippen LogP contribution in [-0.4, -0.2) is 32.3 Å². The summed E-state index contributed by atoms with van der Waals surface area (Å²) in [6.45, 7) is 6.99. The molecule has 3 aromatic rings. The SMILES string of the molecule is CCCc1ncc(-c2ccncc2C)c(C2CCCN2C(=O)c2csc(C)c2)n1. The molecule has 4 rings (SSSR count). The Kier molecular flexibility index (Phi) is 5.72. The molecule has 1 fully saturated rings. The highest BCUT2D eigenvalue weighted by molar-refractivity contribution is 7.10. The van der Waals surface area contributed by atoms with Crippen molar-refractivity contribution in [2.45, 2.75) is 52.5 Å². The van der Waals surface area contributed by atoms with Crippen LogP contribution in [0.25, 0.3) is 11.1 Å². The lowest BCUT2D eigenvalue weighted by atomic mass is 9.97. The first-order chi connectivity index (χ1) is 14.1. The summed E-state index contributed by atoms with van der Waals surface area (Å²) in [4.78, 5) is 30.2. The minimum absolute atomic E-state index is 0.0242. The Morgan fingerprint density at radius 1 is 1.28 bits per heavy atom. The van der Waals surface area contributed by atoms with Gasteiger partial charge in [0, 0.05) is 47.4 Å². The Morgan fingerprint density at radius 2 is 2.14 bits per heavy atom. The summed E-state index contributed by atoms with van der Waals surface area (Å²) in [5.74, 6) is 0.952. The average Bonchev–Trinajstić information content (AvgIpc) is 3.37. The molecule has 0 aromatic carbocycles. The molecule has 1 aliphatic heterocycles. The number of carbonyl (C=O) groups is 1. The van der Waals surface area contributed by atoms with Gasteiger partial charge in [0.15, 0.2) is 0 Å². The van der Waals surface area contributed by atoms with Gasteiger partial charge in [-0.05, 0) is 56.4 Å². The summed E-state index contributed by atoms with van der Waals surface area (Å²) in [6.07, 6.45) is 9.35. The lowest BCUT2D eigenvalue weighted by molar-refractivity contribution is 0.0733. The van der Waals surface area contributed by atoms with Crippen LogP contribution in [0.4, 0.5) is 0 Å². The Labute approximate surface area is 175 Å². The number of pyridine rings is 1. The fourth-order valence-electron chi connectivity index (χ4n) is 4.03. The van der Waals surface area contributed by atoms with Gasteiger partial charge in [0.05, 0.1) is 17.3 Å². The molecule has 0 N–H and O–H groups in total. The fourth-order valence-corrected chi connectivity index (χ4v) is 4.71. The van der Waals surface area contributed by atoms with Gasteiger partial charge in [0.1, 0.15) is 5.82 Å². The Bertz CT molecular complexity index is 1030. The number of nitrogens with zero attached hydrogens (tertiary/aromatic N) is 4. The normalized spacial score (nSPS) is 16.4. The minimum atomic E-state index is -0.0242. The highest BCUT2D eigenvalue weighted by Gasteiger charge is 2.34. The zero-order valence-corrected chi connectivity index (χ0v) is 18.0. The third kappa shape index (κ3) is 3.94. The van der Waals surface area contributed by atoms with Crippen LogP contribution in [-0.2, 0) is 6.42 Å². The zero-order chi connectivity index (χ0) is 20.4. The summed E-state index contributed by atoms with van der Waals surface area (Å²) in [6, 6.07) is 3.97. The van der Waals surface area contributed by atoms with E-state index in [1.165, 1.54) is 0 Å². The largest absolute Gasteiger partial charge is 0.330 e. The number of carbonyl (C=O) groups excluding carboxylic acids is 1. The molecule has 1 aliphatic rings. The van der Waals surface area contributed by atoms with Gasteiger partial charge in [-0.3, -0.25) is 9.78 Å². The average molecular weight is 407 g/mol. The van der Waals surface area contributed by atoms with Gasteiger partial charge < -0.3 is 4.90 Å². The number of aryl methyl sites for hydroxylation is 3. The van der Waals surface area contributed by atoms with E-state index in [1.54, 1.807) is 17.5 Å². The second kappa shape index (κ2) is 8.41. The second-order valence-corrected chi connectivity index (χ2v) is 8.74. The highest BCUT2D eigenvalue weighted by atomic mass is 32.1. The molecule has 150 valence electrons. The van der Waals surface area contributed by atoms with Crippen molar-refractivity contribution in [1.82, 2.24) is 19.9 Å². The summed E-state index contributed by atoms with van der Waals surface area (Å²) in [5.41, 5.74) is 4.93. The lowest BCUT2D eigenvalue weighted by Crippen LogP contribution is -2.31. The van der Waals surface area contributed by atoms with E-state index in [0.29, 0.717) is 0 Å². The molecule has 0 saturated carbocycles. The number of aromatic nitrogens is 3. The van der Waals surface area contributed by atoms with Gasteiger partial charge >= 0.3 is 0 Å². The summed E-state index contributed by atoms with van der Waals surface area (Å²) < 4.78 is 0. The molecule has 1 saturated heterocycles. The van der Waals surface area contributed by atoms with E-state index < -0.39 is 0 Å². The molecule has 0 radical (unpaired) electrons. The molecule has 6 heteroatoms. The van der Waals surface area contributed by atoms with Crippen LogP contribution >= 0.6 is 11.3 Å². The second-order valence-electron chi connectivity index (χ2n) is 7.63. The zero-order valence-electron chi connectivity index (χ0n) is 17.2. The maximum Gasteiger partial charge on any atom is 0.255 e. The molecule has 1 amide bonds. The smallest absolute Gasteiger partial charge is 0.255 e. The van der Waals surface area contributed by atoms with Gasteiger partial charge in [0.25, 0.3) is 5.91 Å². The van der Waals surface area contributed by atoms with Crippen molar-refractivity contribution in [3.05, 3.63) is 63.6 Å². The van der Waals surface area contributed by atoms with E-state index in [0.717, 1.165) is 70.9 Å². The third-order valence-electron chi connectivity index (χ3n) is 5.46. The quantitative estimate of drug-likeness (QED) is 0.588. The molecule has 1 atom stereocenters. The van der Waals surface area contributed by atoms with Crippen LogP contribution in [0, 0.1) is 13.8 Å². The number of likely N-dealkylation sites (tertiary alicyclic amines) is 1. The van der Waals surface area contributed by atoms with Crippen LogP contribution in [0.15, 0.2) is 36.1 Å². The van der Waals surface area contributed by atoms with Crippen molar-refractivity contribution in [3.8, 4) is 11.1 Å². The molecule has 29 heavy (non-hydrogen) atoms. The van der Waals surface area contributed by atoms with Gasteiger partial charge in [-0.2, -0.15) is 0 Å². The number of hydrogen-bond donors (Lipinski definition) is 0. The van der Waals surface area contributed by atoms with Crippen molar-refractivity contribution in [3.63, 3.8) is 0 Å². The van der Waals surface area contributed by atoms with Crippen molar-refractivity contribution in [2.24, 2.45) is 0 Å². The van der Waals surface area contributed by atoms with E-state index in [2.05, 4.69) is 23.8 Å². The van der Waals surface area contributed by atoms with E-state index >= 15 is 0 Å². The summed E-state index contributed by atoms with van der Waals surface area (Å²) in [7, 11) is 0. The van der Waals surface area contributed by atoms with Crippen molar-refractivity contribution in [1.29, 1.82) is 0 Å². The molecular formula is C23H26N4OS. The van der Waals surface area contributed by atoms with Gasteiger partial charge in [-0.15, -0.1) is 11.3 Å². The molecule has 0 spiro atoms. The summed E-state index contributed by atoms with van der Waals surface area (Å²) in [5, 5.41) is 1.96. The molecule has 5 nitrogen and oxygen atoms in total. The number of rotatable bonds is 5. The van der Waals surface area contributed by atoms with Crippen molar-refractivity contribution >= 4 is 17.2 Å². The van der Waals surface area contributed by atoms with Gasteiger partial charge in [-0.25, -0.2) is 9.97 Å². The number of amides is 1. The molecule has 1 unspecified atom stereocenters. The third-order valence-corrected chi connectivity index (χ3v) is 6.32. The highest BCUT2D eigenvalue weighted by Crippen LogP contribution is 2.38. The molecular weight excluding hydrogens is 380 g/mol. The van der Waals surface area contributed by atoms with Crippen molar-refractivity contribution in [2.75, 3.05) is 6.54 Å². The van der Waals surface area contributed by atoms with E-state index in [-0.39, 0.29) is 11.9 Å². The van der Waals surface area contributed by atoms with Crippen LogP contribution in [0.2, 0.25) is 0 Å². The van der Waals surface area contributed by atoms with Crippen LogP contribution in [0.5, 0.6) is 0 Å². The van der Waals surface area contributed by atoms with Crippen molar-refractivity contribution < 1.29 is 4.79 Å². The van der Waals surface area contributed by atoms with E-state index in [9.17, 15) is 4.79 Å². The Hall–Kier alpha value is -2.60. The maximum absolute atomic E-state index is 13.2. The van der Waals surface area contributed by atoms with E-state index in [4.69, 9.17) is 4.98 Å². The maximum atomic E-state index is 13.2. The topological polar surface area (TPSA) is 59.0 Å². The van der Waals surface area contributed by atoms with Gasteiger partial charge in [0.2, 0.25) is 0 Å². The molecule has 0 bridgehead atoms. The van der Waals surface area contributed by atoms with Crippen LogP contribution in [0.1, 0.15) is 64.5 Å². The first-order valence-electron chi connectivity index (χ1n) is 10.2. The minimum Gasteiger partial charge on any atom is -0.330 e. The predicted octanol–water partition coefficient (Wildman–Crippen LogP) is 5.15. The molecule has 0 aliphatic carbocycles. The Balaban J connectivity index is 1.78. The standard InChI is InChI=1S/C23H26N4OS/c1-4-6-21-25-13-19(18-8-9-24-12-15(18)2)22(26-21)20-7-5-10-27(20)23(28)17-11-16(3)29-14-17/h8-9,11-14,20H,4-7,10H2,1-3H3. The predicted molar refractivity (Wildman–Crippen MR) is 116 cm³/mol. The van der Waals surface area contributed by atoms with E-state index in [1.807, 2.05) is 41.7 Å².